The van der Waals surface area contributed by atoms with Crippen LogP contribution in [-0.4, -0.2) is 22.5 Å². The van der Waals surface area contributed by atoms with Crippen LogP contribution in [0.3, 0.4) is 0 Å². The van der Waals surface area contributed by atoms with Crippen molar-refractivity contribution in [2.24, 2.45) is 0 Å². The largest absolute Gasteiger partial charge is 0.400 e. The van der Waals surface area contributed by atoms with E-state index < -0.39 is 22.2 Å². The Balaban J connectivity index is 2.71. The van der Waals surface area contributed by atoms with Crippen LogP contribution < -0.4 is 4.57 Å². The molecule has 0 saturated carbocycles. The second kappa shape index (κ2) is 5.58. The number of hydrogen-bond acceptors (Lipinski definition) is 2. The van der Waals surface area contributed by atoms with E-state index in [4.69, 9.17) is 4.43 Å². The molecule has 3 nitrogen and oxygen atoms in total. The molecule has 1 aliphatic rings. The summed E-state index contributed by atoms with van der Waals surface area (Å²) in [6.07, 6.45) is 0.667. The van der Waals surface area contributed by atoms with Gasteiger partial charge in [0.05, 0.1) is 0 Å². The third-order valence-electron chi connectivity index (χ3n) is 3.83. The summed E-state index contributed by atoms with van der Waals surface area (Å²) in [5.74, 6) is 0.129. The zero-order chi connectivity index (χ0) is 16.9. The van der Waals surface area contributed by atoms with E-state index in [1.165, 1.54) is 0 Å². The molecule has 0 radical (unpaired) electrons. The normalized spacial score (nSPS) is 22.2. The van der Waals surface area contributed by atoms with E-state index in [2.05, 4.69) is 74.3 Å². The fraction of sp³-hybridized carbons (Fsp3) is 0.562. The van der Waals surface area contributed by atoms with Crippen molar-refractivity contribution in [3.8, 4) is 0 Å². The average molecular weight is 400 g/mol. The first kappa shape index (κ1) is 17.9. The summed E-state index contributed by atoms with van der Waals surface area (Å²) in [6.45, 7) is 15.1. The lowest BCUT2D eigenvalue weighted by atomic mass is 9.93. The zero-order valence-electron chi connectivity index (χ0n) is 14.6. The lowest BCUT2D eigenvalue weighted by Gasteiger charge is -2.37. The van der Waals surface area contributed by atoms with E-state index in [1.54, 1.807) is 0 Å². The van der Waals surface area contributed by atoms with Crippen LogP contribution in [0.2, 0.25) is 39.3 Å². The molecular formula is C16H26BrNO2Si2. The molecule has 0 saturated heterocycles. The highest BCUT2D eigenvalue weighted by Gasteiger charge is 2.55. The number of nitrogens with zero attached hydrogens (tertiary/aromatic N) is 1. The maximum absolute atomic E-state index is 13.4. The Hall–Kier alpha value is -0.436. The SMILES string of the molecule is CCC1(O[Si](C)(C)C)C(=O)N([Si](C)(C)C)c2ccc(Br)cc21. The minimum absolute atomic E-state index is 0.129. The third kappa shape index (κ3) is 2.98. The number of carbonyl (C=O) groups is 1. The van der Waals surface area contributed by atoms with Crippen molar-refractivity contribution in [3.05, 3.63) is 28.2 Å². The van der Waals surface area contributed by atoms with Crippen LogP contribution in [0, 0.1) is 0 Å². The van der Waals surface area contributed by atoms with Crippen LogP contribution in [0.25, 0.3) is 0 Å². The molecule has 1 aliphatic heterocycles. The molecule has 0 N–H and O–H groups in total. The highest BCUT2D eigenvalue weighted by atomic mass is 79.9. The molecule has 0 aliphatic carbocycles. The monoisotopic (exact) mass is 399 g/mol. The number of fused-ring (bicyclic) bond motifs is 1. The molecule has 22 heavy (non-hydrogen) atoms. The van der Waals surface area contributed by atoms with E-state index in [0.29, 0.717) is 6.42 Å². The molecule has 122 valence electrons. The summed E-state index contributed by atoms with van der Waals surface area (Å²) in [4.78, 5) is 13.4. The van der Waals surface area contributed by atoms with E-state index in [-0.39, 0.29) is 5.91 Å². The van der Waals surface area contributed by atoms with Gasteiger partial charge in [0.25, 0.3) is 5.91 Å². The molecule has 1 amide bonds. The quantitative estimate of drug-likeness (QED) is 0.659. The Bertz CT molecular complexity index is 607. The molecule has 0 fully saturated rings. The smallest absolute Gasteiger partial charge is 0.254 e. The number of anilines is 1. The molecule has 1 aromatic carbocycles. The fourth-order valence-electron chi connectivity index (χ4n) is 3.13. The van der Waals surface area contributed by atoms with E-state index in [1.807, 2.05) is 10.6 Å². The minimum atomic E-state index is -1.88. The van der Waals surface area contributed by atoms with Crippen LogP contribution in [0.1, 0.15) is 18.9 Å². The van der Waals surface area contributed by atoms with Gasteiger partial charge in [0.1, 0.15) is 0 Å². The molecule has 1 unspecified atom stereocenters. The van der Waals surface area contributed by atoms with Crippen LogP contribution in [0.5, 0.6) is 0 Å². The van der Waals surface area contributed by atoms with Crippen LogP contribution in [0.15, 0.2) is 22.7 Å². The highest BCUT2D eigenvalue weighted by molar-refractivity contribution is 9.10. The summed E-state index contributed by atoms with van der Waals surface area (Å²) >= 11 is 3.55. The first-order valence-corrected chi connectivity index (χ1v) is 15.4. The van der Waals surface area contributed by atoms with Crippen molar-refractivity contribution in [2.75, 3.05) is 4.57 Å². The van der Waals surface area contributed by atoms with Crippen LogP contribution in [0.4, 0.5) is 5.69 Å². The molecule has 1 heterocycles. The summed E-state index contributed by atoms with van der Waals surface area (Å²) in [6, 6.07) is 6.14. The van der Waals surface area contributed by atoms with Crippen molar-refractivity contribution in [1.29, 1.82) is 0 Å². The van der Waals surface area contributed by atoms with Gasteiger partial charge in [-0.25, -0.2) is 0 Å². The predicted octanol–water partition coefficient (Wildman–Crippen LogP) is 5.09. The first-order chi connectivity index (χ1) is 9.92. The lowest BCUT2D eigenvalue weighted by molar-refractivity contribution is -0.133. The average Bonchev–Trinajstić information content (AvgIpc) is 2.57. The summed E-state index contributed by atoms with van der Waals surface area (Å²) < 4.78 is 9.54. The topological polar surface area (TPSA) is 29.5 Å². The number of amides is 1. The maximum Gasteiger partial charge on any atom is 0.254 e. The molecular weight excluding hydrogens is 374 g/mol. The van der Waals surface area contributed by atoms with Gasteiger partial charge in [-0.05, 0) is 44.3 Å². The second-order valence-corrected chi connectivity index (χ2v) is 18.0. The van der Waals surface area contributed by atoms with Crippen molar-refractivity contribution in [2.45, 2.75) is 58.2 Å². The number of halogens is 1. The summed E-state index contributed by atoms with van der Waals surface area (Å²) in [5.41, 5.74) is 1.25. The molecule has 2 rings (SSSR count). The van der Waals surface area contributed by atoms with Crippen LogP contribution in [-0.2, 0) is 14.8 Å². The van der Waals surface area contributed by atoms with Gasteiger partial charge < -0.3 is 8.99 Å². The zero-order valence-corrected chi connectivity index (χ0v) is 18.2. The molecule has 0 spiro atoms. The summed E-state index contributed by atoms with van der Waals surface area (Å²) in [5, 5.41) is 0. The van der Waals surface area contributed by atoms with Crippen molar-refractivity contribution in [1.82, 2.24) is 0 Å². The Morgan fingerprint density at radius 2 is 1.77 bits per heavy atom. The second-order valence-electron chi connectivity index (χ2n) is 7.87. The Labute approximate surface area is 144 Å². The predicted molar refractivity (Wildman–Crippen MR) is 101 cm³/mol. The molecule has 0 bridgehead atoms. The molecule has 0 aromatic heterocycles. The molecule has 1 aromatic rings. The van der Waals surface area contributed by atoms with Crippen LogP contribution >= 0.6 is 15.9 Å². The van der Waals surface area contributed by atoms with Gasteiger partial charge in [0.2, 0.25) is 0 Å². The highest BCUT2D eigenvalue weighted by Crippen LogP contribution is 2.48. The van der Waals surface area contributed by atoms with Crippen molar-refractivity contribution in [3.63, 3.8) is 0 Å². The number of rotatable bonds is 4. The Kier molecular flexibility index (Phi) is 4.54. The van der Waals surface area contributed by atoms with Gasteiger partial charge in [0, 0.05) is 15.7 Å². The van der Waals surface area contributed by atoms with Gasteiger partial charge in [-0.15, -0.1) is 0 Å². The van der Waals surface area contributed by atoms with Gasteiger partial charge in [-0.1, -0.05) is 42.5 Å². The maximum atomic E-state index is 13.4. The van der Waals surface area contributed by atoms with Gasteiger partial charge in [0.15, 0.2) is 22.2 Å². The molecule has 1 atom stereocenters. The minimum Gasteiger partial charge on any atom is -0.400 e. The lowest BCUT2D eigenvalue weighted by Crippen LogP contribution is -2.55. The van der Waals surface area contributed by atoms with Crippen molar-refractivity contribution < 1.29 is 9.22 Å². The Morgan fingerprint density at radius 1 is 1.18 bits per heavy atom. The van der Waals surface area contributed by atoms with E-state index in [0.717, 1.165) is 15.7 Å². The first-order valence-electron chi connectivity index (χ1n) is 7.77. The van der Waals surface area contributed by atoms with Gasteiger partial charge in [-0.3, -0.25) is 4.79 Å². The Morgan fingerprint density at radius 3 is 2.23 bits per heavy atom. The standard InChI is InChI=1S/C16H26BrNO2Si2/c1-8-16(20-22(5,6)7)13-11-12(17)9-10-14(13)18(15(16)19)21(2,3)4/h9-11H,8H2,1-7H3. The van der Waals surface area contributed by atoms with Gasteiger partial charge >= 0.3 is 0 Å². The summed E-state index contributed by atoms with van der Waals surface area (Å²) in [7, 11) is -3.71. The number of carbonyl (C=O) groups excluding carboxylic acids is 1. The third-order valence-corrected chi connectivity index (χ3v) is 7.07. The van der Waals surface area contributed by atoms with Crippen molar-refractivity contribution >= 4 is 44.1 Å². The molecule has 6 heteroatoms. The number of benzene rings is 1. The number of hydrogen-bond donors (Lipinski definition) is 0. The fourth-order valence-corrected chi connectivity index (χ4v) is 6.59. The van der Waals surface area contributed by atoms with E-state index >= 15 is 0 Å². The van der Waals surface area contributed by atoms with E-state index in [9.17, 15) is 4.79 Å². The van der Waals surface area contributed by atoms with Gasteiger partial charge in [-0.2, -0.15) is 0 Å².